The van der Waals surface area contributed by atoms with E-state index in [2.05, 4.69) is 9.46 Å². The van der Waals surface area contributed by atoms with E-state index in [-0.39, 0.29) is 35.1 Å². The molecule has 1 N–H and O–H groups in total. The Kier molecular flexibility index (Phi) is 5.10. The van der Waals surface area contributed by atoms with Gasteiger partial charge >= 0.3 is 5.97 Å². The summed E-state index contributed by atoms with van der Waals surface area (Å²) in [5, 5.41) is 0. The highest BCUT2D eigenvalue weighted by atomic mass is 32.2. The Morgan fingerprint density at radius 1 is 1.26 bits per heavy atom. The van der Waals surface area contributed by atoms with Crippen molar-refractivity contribution in [1.82, 2.24) is 4.72 Å². The maximum atomic E-state index is 12.1. The molecule has 1 rings (SSSR count). The van der Waals surface area contributed by atoms with Crippen molar-refractivity contribution in [2.45, 2.75) is 18.7 Å². The van der Waals surface area contributed by atoms with Gasteiger partial charge in [-0.2, -0.15) is 0 Å². The Morgan fingerprint density at radius 2 is 1.89 bits per heavy atom. The van der Waals surface area contributed by atoms with Crippen LogP contribution in [0.3, 0.4) is 0 Å². The van der Waals surface area contributed by atoms with Crippen molar-refractivity contribution >= 4 is 16.0 Å². The molecule has 0 aliphatic heterocycles. The molecule has 19 heavy (non-hydrogen) atoms. The third-order valence-corrected chi connectivity index (χ3v) is 4.07. The summed E-state index contributed by atoms with van der Waals surface area (Å²) in [5.74, 6) is -0.402. The number of rotatable bonds is 6. The van der Waals surface area contributed by atoms with E-state index < -0.39 is 16.0 Å². The number of nitrogens with one attached hydrogen (secondary N) is 1. The molecule has 0 radical (unpaired) electrons. The molecule has 0 atom stereocenters. The lowest BCUT2D eigenvalue weighted by atomic mass is 10.2. The summed E-state index contributed by atoms with van der Waals surface area (Å²) >= 11 is 0. The molecule has 0 amide bonds. The maximum Gasteiger partial charge on any atom is 0.342 e. The van der Waals surface area contributed by atoms with Gasteiger partial charge in [0.05, 0.1) is 13.7 Å². The van der Waals surface area contributed by atoms with Gasteiger partial charge in [-0.25, -0.2) is 17.9 Å². The van der Waals surface area contributed by atoms with E-state index in [1.807, 2.05) is 0 Å². The summed E-state index contributed by atoms with van der Waals surface area (Å²) in [5.41, 5.74) is -0.0788. The van der Waals surface area contributed by atoms with Crippen LogP contribution in [0.15, 0.2) is 9.31 Å². The molecule has 1 aromatic rings. The Balaban J connectivity index is 3.22. The summed E-state index contributed by atoms with van der Waals surface area (Å²) in [4.78, 5) is 11.5. The van der Waals surface area contributed by atoms with Gasteiger partial charge in [0.25, 0.3) is 0 Å². The van der Waals surface area contributed by atoms with Gasteiger partial charge in [0.2, 0.25) is 10.0 Å². The predicted octanol–water partition coefficient (Wildman–Crippen LogP) is 0.608. The van der Waals surface area contributed by atoms with Gasteiger partial charge < -0.3 is 13.9 Å². The zero-order valence-electron chi connectivity index (χ0n) is 11.3. The van der Waals surface area contributed by atoms with Crippen LogP contribution in [0.1, 0.15) is 21.9 Å². The second-order valence-electron chi connectivity index (χ2n) is 3.80. The van der Waals surface area contributed by atoms with Crippen molar-refractivity contribution in [2.24, 2.45) is 0 Å². The van der Waals surface area contributed by atoms with E-state index >= 15 is 0 Å². The summed E-state index contributed by atoms with van der Waals surface area (Å²) in [6.45, 7) is 3.31. The van der Waals surface area contributed by atoms with Crippen molar-refractivity contribution in [3.05, 3.63) is 17.1 Å². The molecular weight excluding hydrogens is 274 g/mol. The molecule has 7 nitrogen and oxygen atoms in total. The van der Waals surface area contributed by atoms with Gasteiger partial charge in [0.15, 0.2) is 0 Å². The molecule has 108 valence electrons. The number of aryl methyl sites for hydroxylation is 2. The first kappa shape index (κ1) is 15.7. The normalized spacial score (nSPS) is 11.6. The lowest BCUT2D eigenvalue weighted by molar-refractivity contribution is 0.0595. The highest BCUT2D eigenvalue weighted by Crippen LogP contribution is 2.26. The number of ether oxygens (including phenoxy) is 2. The van der Waals surface area contributed by atoms with Gasteiger partial charge in [-0.05, 0) is 13.8 Å². The number of hydrogen-bond donors (Lipinski definition) is 1. The predicted molar refractivity (Wildman–Crippen MR) is 66.6 cm³/mol. The Morgan fingerprint density at radius 3 is 2.42 bits per heavy atom. The molecular formula is C11H17NO6S. The number of methoxy groups -OCH3 is 2. The van der Waals surface area contributed by atoms with Crippen LogP contribution in [0.4, 0.5) is 0 Å². The Labute approximate surface area is 111 Å². The number of carbonyl (C=O) groups excluding carboxylic acids is 1. The van der Waals surface area contributed by atoms with Crippen molar-refractivity contribution in [2.75, 3.05) is 27.4 Å². The molecule has 0 fully saturated rings. The molecule has 8 heteroatoms. The van der Waals surface area contributed by atoms with E-state index in [1.54, 1.807) is 0 Å². The van der Waals surface area contributed by atoms with Crippen molar-refractivity contribution in [3.63, 3.8) is 0 Å². The zero-order valence-corrected chi connectivity index (χ0v) is 12.1. The first-order chi connectivity index (χ1) is 8.85. The third-order valence-electron chi connectivity index (χ3n) is 2.46. The molecule has 1 aromatic heterocycles. The largest absolute Gasteiger partial charge is 0.465 e. The number of esters is 1. The van der Waals surface area contributed by atoms with Gasteiger partial charge in [-0.1, -0.05) is 0 Å². The number of sulfonamides is 1. The van der Waals surface area contributed by atoms with Gasteiger partial charge in [-0.15, -0.1) is 0 Å². The molecule has 1 heterocycles. The van der Waals surface area contributed by atoms with Gasteiger partial charge in [0.1, 0.15) is 22.0 Å². The van der Waals surface area contributed by atoms with Crippen molar-refractivity contribution in [3.8, 4) is 0 Å². The second-order valence-corrected chi connectivity index (χ2v) is 5.50. The average Bonchev–Trinajstić information content (AvgIpc) is 2.64. The Hall–Kier alpha value is -1.38. The molecule has 0 saturated carbocycles. The molecule has 0 aliphatic rings. The third kappa shape index (κ3) is 3.34. The molecule has 0 saturated heterocycles. The summed E-state index contributed by atoms with van der Waals surface area (Å²) in [7, 11) is -1.21. The van der Waals surface area contributed by atoms with E-state index in [1.165, 1.54) is 28.1 Å². The van der Waals surface area contributed by atoms with E-state index in [0.29, 0.717) is 0 Å². The van der Waals surface area contributed by atoms with E-state index in [0.717, 1.165) is 0 Å². The molecule has 0 spiro atoms. The fourth-order valence-corrected chi connectivity index (χ4v) is 3.09. The summed E-state index contributed by atoms with van der Waals surface area (Å²) in [6, 6.07) is 0. The zero-order chi connectivity index (χ0) is 14.6. The second kappa shape index (κ2) is 6.18. The summed E-state index contributed by atoms with van der Waals surface area (Å²) < 4.78 is 41.2. The van der Waals surface area contributed by atoms with Gasteiger partial charge in [0, 0.05) is 13.7 Å². The van der Waals surface area contributed by atoms with E-state index in [9.17, 15) is 13.2 Å². The molecule has 0 aromatic carbocycles. The van der Waals surface area contributed by atoms with Crippen LogP contribution in [0, 0.1) is 13.8 Å². The number of hydrogen-bond acceptors (Lipinski definition) is 6. The quantitative estimate of drug-likeness (QED) is 0.609. The van der Waals surface area contributed by atoms with Crippen molar-refractivity contribution in [1.29, 1.82) is 0 Å². The molecule has 0 unspecified atom stereocenters. The van der Waals surface area contributed by atoms with Crippen molar-refractivity contribution < 1.29 is 27.1 Å². The van der Waals surface area contributed by atoms with Crippen LogP contribution in [-0.2, 0) is 19.5 Å². The highest BCUT2D eigenvalue weighted by molar-refractivity contribution is 7.89. The lowest BCUT2D eigenvalue weighted by Gasteiger charge is -2.07. The fourth-order valence-electron chi connectivity index (χ4n) is 1.68. The first-order valence-electron chi connectivity index (χ1n) is 5.52. The van der Waals surface area contributed by atoms with Crippen LogP contribution in [0.25, 0.3) is 0 Å². The number of carbonyl (C=O) groups is 1. The van der Waals surface area contributed by atoms with Crippen LogP contribution in [0.2, 0.25) is 0 Å². The van der Waals surface area contributed by atoms with Crippen LogP contribution >= 0.6 is 0 Å². The minimum absolute atomic E-state index is 0.0788. The lowest BCUT2D eigenvalue weighted by Crippen LogP contribution is -2.28. The SMILES string of the molecule is COCCNS(=O)(=O)c1c(C)oc(C)c1C(=O)OC. The van der Waals surface area contributed by atoms with Gasteiger partial charge in [-0.3, -0.25) is 0 Å². The maximum absolute atomic E-state index is 12.1. The smallest absolute Gasteiger partial charge is 0.342 e. The Bertz CT molecular complexity index is 560. The summed E-state index contributed by atoms with van der Waals surface area (Å²) in [6.07, 6.45) is 0. The molecule has 0 aliphatic carbocycles. The average molecular weight is 291 g/mol. The van der Waals surface area contributed by atoms with E-state index in [4.69, 9.17) is 9.15 Å². The van der Waals surface area contributed by atoms with Crippen LogP contribution in [0.5, 0.6) is 0 Å². The topological polar surface area (TPSA) is 94.8 Å². The van der Waals surface area contributed by atoms with Crippen LogP contribution in [-0.4, -0.2) is 41.8 Å². The number of furan rings is 1. The standard InChI is InChI=1S/C11H17NO6S/c1-7-9(11(13)17-4)10(8(2)18-7)19(14,15)12-5-6-16-3/h12H,5-6H2,1-4H3. The highest BCUT2D eigenvalue weighted by Gasteiger charge is 2.31. The minimum Gasteiger partial charge on any atom is -0.465 e. The van der Waals surface area contributed by atoms with Crippen LogP contribution < -0.4 is 4.72 Å². The minimum atomic E-state index is -3.85. The molecule has 0 bridgehead atoms. The monoisotopic (exact) mass is 291 g/mol. The first-order valence-corrected chi connectivity index (χ1v) is 7.00. The fraction of sp³-hybridized carbons (Fsp3) is 0.545.